The first-order valence-electron chi connectivity index (χ1n) is 6.64. The molecule has 6 nitrogen and oxygen atoms in total. The number of piperazine rings is 1. The SMILES string of the molecule is CCc1nnc2c(C(=O)N3CCNCC3)cccn12. The van der Waals surface area contributed by atoms with Crippen molar-refractivity contribution >= 4 is 11.6 Å². The van der Waals surface area contributed by atoms with Crippen molar-refractivity contribution in [1.82, 2.24) is 24.8 Å². The summed E-state index contributed by atoms with van der Waals surface area (Å²) in [7, 11) is 0. The van der Waals surface area contributed by atoms with E-state index in [0.29, 0.717) is 11.2 Å². The largest absolute Gasteiger partial charge is 0.336 e. The Morgan fingerprint density at radius 3 is 2.89 bits per heavy atom. The van der Waals surface area contributed by atoms with Crippen LogP contribution >= 0.6 is 0 Å². The van der Waals surface area contributed by atoms with Crippen LogP contribution in [0.15, 0.2) is 18.3 Å². The third-order valence-corrected chi connectivity index (χ3v) is 3.46. The summed E-state index contributed by atoms with van der Waals surface area (Å²) in [6, 6.07) is 3.71. The number of carbonyl (C=O) groups is 1. The smallest absolute Gasteiger partial charge is 0.257 e. The average Bonchev–Trinajstić information content (AvgIpc) is 2.90. The minimum atomic E-state index is 0.0437. The van der Waals surface area contributed by atoms with Crippen molar-refractivity contribution in [1.29, 1.82) is 0 Å². The lowest BCUT2D eigenvalue weighted by Gasteiger charge is -2.27. The van der Waals surface area contributed by atoms with Gasteiger partial charge in [0.25, 0.3) is 5.91 Å². The van der Waals surface area contributed by atoms with Gasteiger partial charge in [-0.3, -0.25) is 9.20 Å². The Morgan fingerprint density at radius 2 is 2.16 bits per heavy atom. The molecule has 2 aromatic heterocycles. The van der Waals surface area contributed by atoms with Crippen LogP contribution in [0.25, 0.3) is 5.65 Å². The van der Waals surface area contributed by atoms with Gasteiger partial charge in [-0.25, -0.2) is 0 Å². The predicted octanol–water partition coefficient (Wildman–Crippen LogP) is 0.337. The van der Waals surface area contributed by atoms with Gasteiger partial charge in [-0.2, -0.15) is 0 Å². The predicted molar refractivity (Wildman–Crippen MR) is 71.1 cm³/mol. The summed E-state index contributed by atoms with van der Waals surface area (Å²) in [5.41, 5.74) is 1.29. The van der Waals surface area contributed by atoms with Crippen LogP contribution in [0.3, 0.4) is 0 Å². The van der Waals surface area contributed by atoms with Crippen LogP contribution in [-0.4, -0.2) is 51.6 Å². The van der Waals surface area contributed by atoms with Crippen molar-refractivity contribution < 1.29 is 4.79 Å². The molecule has 1 fully saturated rings. The zero-order valence-electron chi connectivity index (χ0n) is 11.0. The van der Waals surface area contributed by atoms with Gasteiger partial charge in [0.2, 0.25) is 0 Å². The Balaban J connectivity index is 1.99. The van der Waals surface area contributed by atoms with Gasteiger partial charge in [0.05, 0.1) is 5.56 Å². The molecule has 1 amide bonds. The highest BCUT2D eigenvalue weighted by Gasteiger charge is 2.21. The number of amides is 1. The summed E-state index contributed by atoms with van der Waals surface area (Å²) in [6.07, 6.45) is 2.70. The maximum absolute atomic E-state index is 12.5. The number of carbonyl (C=O) groups excluding carboxylic acids is 1. The average molecular weight is 259 g/mol. The van der Waals surface area contributed by atoms with Gasteiger partial charge < -0.3 is 10.2 Å². The van der Waals surface area contributed by atoms with Crippen molar-refractivity contribution in [2.24, 2.45) is 0 Å². The standard InChI is InChI=1S/C13H17N5O/c1-2-11-15-16-12-10(4-3-7-18(11)12)13(19)17-8-5-14-6-9-17/h3-4,7,14H,2,5-6,8-9H2,1H3. The fourth-order valence-electron chi connectivity index (χ4n) is 2.41. The van der Waals surface area contributed by atoms with Crippen LogP contribution in [0, 0.1) is 0 Å². The van der Waals surface area contributed by atoms with Crippen LogP contribution in [0.5, 0.6) is 0 Å². The summed E-state index contributed by atoms with van der Waals surface area (Å²) in [6.45, 7) is 5.22. The van der Waals surface area contributed by atoms with Crippen molar-refractivity contribution in [3.05, 3.63) is 29.7 Å². The Bertz CT molecular complexity index is 600. The van der Waals surface area contributed by atoms with Crippen LogP contribution in [0.1, 0.15) is 23.1 Å². The normalized spacial score (nSPS) is 15.9. The summed E-state index contributed by atoms with van der Waals surface area (Å²) in [5, 5.41) is 11.5. The molecular formula is C13H17N5O. The van der Waals surface area contributed by atoms with E-state index in [0.717, 1.165) is 38.4 Å². The molecule has 19 heavy (non-hydrogen) atoms. The molecule has 100 valence electrons. The molecule has 1 saturated heterocycles. The molecule has 3 heterocycles. The Kier molecular flexibility index (Phi) is 3.16. The summed E-state index contributed by atoms with van der Waals surface area (Å²) in [4.78, 5) is 14.4. The second kappa shape index (κ2) is 4.97. The van der Waals surface area contributed by atoms with Crippen molar-refractivity contribution in [2.45, 2.75) is 13.3 Å². The third kappa shape index (κ3) is 2.08. The zero-order chi connectivity index (χ0) is 13.2. The quantitative estimate of drug-likeness (QED) is 0.844. The highest BCUT2D eigenvalue weighted by molar-refractivity contribution is 5.99. The second-order valence-electron chi connectivity index (χ2n) is 4.63. The van der Waals surface area contributed by atoms with Crippen LogP contribution in [0.4, 0.5) is 0 Å². The Morgan fingerprint density at radius 1 is 1.37 bits per heavy atom. The fraction of sp³-hybridized carbons (Fsp3) is 0.462. The topological polar surface area (TPSA) is 62.5 Å². The number of nitrogens with zero attached hydrogens (tertiary/aromatic N) is 4. The van der Waals surface area contributed by atoms with Crippen LogP contribution < -0.4 is 5.32 Å². The Hall–Kier alpha value is -1.95. The van der Waals surface area contributed by atoms with Gasteiger partial charge in [0.1, 0.15) is 5.82 Å². The van der Waals surface area contributed by atoms with Gasteiger partial charge in [-0.05, 0) is 12.1 Å². The second-order valence-corrected chi connectivity index (χ2v) is 4.63. The van der Waals surface area contributed by atoms with Crippen LogP contribution in [0.2, 0.25) is 0 Å². The van der Waals surface area contributed by atoms with Gasteiger partial charge in [-0.1, -0.05) is 6.92 Å². The highest BCUT2D eigenvalue weighted by Crippen LogP contribution is 2.13. The van der Waals surface area contributed by atoms with Gasteiger partial charge >= 0.3 is 0 Å². The molecular weight excluding hydrogens is 242 g/mol. The lowest BCUT2D eigenvalue weighted by Crippen LogP contribution is -2.46. The monoisotopic (exact) mass is 259 g/mol. The van der Waals surface area contributed by atoms with Crippen LogP contribution in [-0.2, 0) is 6.42 Å². The maximum atomic E-state index is 12.5. The van der Waals surface area contributed by atoms with E-state index in [1.807, 2.05) is 34.6 Å². The number of hydrogen-bond donors (Lipinski definition) is 1. The number of rotatable bonds is 2. The van der Waals surface area contributed by atoms with E-state index in [2.05, 4.69) is 15.5 Å². The first-order chi connectivity index (χ1) is 9.31. The number of aromatic nitrogens is 3. The molecule has 6 heteroatoms. The van der Waals surface area contributed by atoms with Crippen molar-refractivity contribution in [3.63, 3.8) is 0 Å². The van der Waals surface area contributed by atoms with E-state index in [9.17, 15) is 4.79 Å². The molecule has 0 atom stereocenters. The molecule has 0 bridgehead atoms. The van der Waals surface area contributed by atoms with Gasteiger partial charge in [0, 0.05) is 38.8 Å². The molecule has 1 aliphatic heterocycles. The molecule has 0 radical (unpaired) electrons. The molecule has 1 aliphatic rings. The van der Waals surface area contributed by atoms with Crippen molar-refractivity contribution in [2.75, 3.05) is 26.2 Å². The minimum absolute atomic E-state index is 0.0437. The zero-order valence-corrected chi connectivity index (χ0v) is 11.0. The Labute approximate surface area is 111 Å². The number of hydrogen-bond acceptors (Lipinski definition) is 4. The molecule has 1 N–H and O–H groups in total. The summed E-state index contributed by atoms with van der Waals surface area (Å²) in [5.74, 6) is 0.923. The summed E-state index contributed by atoms with van der Waals surface area (Å²) < 4.78 is 1.90. The van der Waals surface area contributed by atoms with E-state index >= 15 is 0 Å². The maximum Gasteiger partial charge on any atom is 0.257 e. The number of nitrogens with one attached hydrogen (secondary N) is 1. The molecule has 0 unspecified atom stereocenters. The number of aryl methyl sites for hydroxylation is 1. The highest BCUT2D eigenvalue weighted by atomic mass is 16.2. The first kappa shape index (κ1) is 12.1. The van der Waals surface area contributed by atoms with E-state index in [4.69, 9.17) is 0 Å². The lowest BCUT2D eigenvalue weighted by atomic mass is 10.2. The van der Waals surface area contributed by atoms with Crippen molar-refractivity contribution in [3.8, 4) is 0 Å². The number of fused-ring (bicyclic) bond motifs is 1. The van der Waals surface area contributed by atoms with E-state index in [1.54, 1.807) is 0 Å². The molecule has 0 aromatic carbocycles. The number of pyridine rings is 1. The lowest BCUT2D eigenvalue weighted by molar-refractivity contribution is 0.0737. The van der Waals surface area contributed by atoms with E-state index in [1.165, 1.54) is 0 Å². The molecule has 0 spiro atoms. The van der Waals surface area contributed by atoms with Gasteiger partial charge in [0.15, 0.2) is 5.65 Å². The molecule has 0 saturated carbocycles. The molecule has 0 aliphatic carbocycles. The third-order valence-electron chi connectivity index (χ3n) is 3.46. The van der Waals surface area contributed by atoms with E-state index < -0.39 is 0 Å². The fourth-order valence-corrected chi connectivity index (χ4v) is 2.41. The molecule has 2 aromatic rings. The summed E-state index contributed by atoms with van der Waals surface area (Å²) >= 11 is 0. The minimum Gasteiger partial charge on any atom is -0.336 e. The van der Waals surface area contributed by atoms with Gasteiger partial charge in [-0.15, -0.1) is 10.2 Å². The molecule has 3 rings (SSSR count). The van der Waals surface area contributed by atoms with E-state index in [-0.39, 0.29) is 5.91 Å². The first-order valence-corrected chi connectivity index (χ1v) is 6.64.